The highest BCUT2D eigenvalue weighted by Gasteiger charge is 2.13. The third kappa shape index (κ3) is 6.09. The first-order chi connectivity index (χ1) is 14.0. The molecule has 0 aliphatic heterocycles. The van der Waals surface area contributed by atoms with Gasteiger partial charge in [-0.1, -0.05) is 28.1 Å². The van der Waals surface area contributed by atoms with Gasteiger partial charge in [-0.3, -0.25) is 0 Å². The molecule has 0 aromatic heterocycles. The lowest BCUT2D eigenvalue weighted by molar-refractivity contribution is 0.267. The second-order valence-electron chi connectivity index (χ2n) is 6.57. The number of halogens is 3. The molecule has 0 aliphatic carbocycles. The molecule has 3 rings (SSSR count). The topological polar surface area (TPSA) is 30.5 Å². The molecule has 3 nitrogen and oxygen atoms in total. The maximum absolute atomic E-state index is 13.1. The molecule has 0 heterocycles. The van der Waals surface area contributed by atoms with Gasteiger partial charge >= 0.3 is 0 Å². The van der Waals surface area contributed by atoms with Crippen molar-refractivity contribution in [2.45, 2.75) is 27.0 Å². The van der Waals surface area contributed by atoms with Crippen LogP contribution in [0.1, 0.15) is 23.6 Å². The van der Waals surface area contributed by atoms with Crippen LogP contribution in [-0.2, 0) is 13.2 Å². The van der Waals surface area contributed by atoms with Crippen molar-refractivity contribution >= 4 is 44.2 Å². The van der Waals surface area contributed by atoms with Crippen LogP contribution in [0.5, 0.6) is 11.5 Å². The summed E-state index contributed by atoms with van der Waals surface area (Å²) in [6, 6.07) is 16.6. The number of hydrogen-bond acceptors (Lipinski definition) is 3. The van der Waals surface area contributed by atoms with Gasteiger partial charge in [0.05, 0.1) is 10.2 Å². The largest absolute Gasteiger partial charge is 0.490 e. The molecule has 152 valence electrons. The molecule has 0 fully saturated rings. The first kappa shape index (κ1) is 21.9. The Labute approximate surface area is 192 Å². The maximum atomic E-state index is 13.1. The van der Waals surface area contributed by atoms with Crippen molar-refractivity contribution in [2.24, 2.45) is 0 Å². The summed E-state index contributed by atoms with van der Waals surface area (Å²) in [6.07, 6.45) is 0. The van der Waals surface area contributed by atoms with Crippen LogP contribution in [0.2, 0.25) is 0 Å². The molecule has 0 aliphatic rings. The van der Waals surface area contributed by atoms with Crippen molar-refractivity contribution in [1.82, 2.24) is 0 Å². The Balaban J connectivity index is 1.75. The number of nitrogens with one attached hydrogen (secondary N) is 1. The van der Waals surface area contributed by atoms with Crippen molar-refractivity contribution < 1.29 is 13.9 Å². The Bertz CT molecular complexity index is 979. The quantitative estimate of drug-likeness (QED) is 0.294. The molecule has 0 saturated carbocycles. The fourth-order valence-electron chi connectivity index (χ4n) is 2.89. The van der Waals surface area contributed by atoms with Gasteiger partial charge in [-0.05, 0) is 95.6 Å². The van der Waals surface area contributed by atoms with Crippen molar-refractivity contribution in [1.29, 1.82) is 0 Å². The van der Waals surface area contributed by atoms with E-state index in [1.165, 1.54) is 17.7 Å². The summed E-state index contributed by atoms with van der Waals surface area (Å²) < 4.78 is 27.0. The van der Waals surface area contributed by atoms with Gasteiger partial charge in [0.25, 0.3) is 0 Å². The lowest BCUT2D eigenvalue weighted by Crippen LogP contribution is -2.05. The van der Waals surface area contributed by atoms with Crippen molar-refractivity contribution in [3.63, 3.8) is 0 Å². The first-order valence-corrected chi connectivity index (χ1v) is 11.2. The van der Waals surface area contributed by atoms with E-state index in [4.69, 9.17) is 9.47 Å². The molecule has 1 N–H and O–H groups in total. The van der Waals surface area contributed by atoms with E-state index in [0.29, 0.717) is 31.3 Å². The van der Waals surface area contributed by atoms with Gasteiger partial charge in [0.1, 0.15) is 12.4 Å². The number of ether oxygens (including phenoxy) is 2. The Hall–Kier alpha value is -1.80. The van der Waals surface area contributed by atoms with E-state index in [9.17, 15) is 4.39 Å². The number of benzene rings is 3. The lowest BCUT2D eigenvalue weighted by atomic mass is 10.1. The fraction of sp³-hybridized carbons (Fsp3) is 0.217. The number of rotatable bonds is 8. The third-order valence-corrected chi connectivity index (χ3v) is 5.63. The normalized spacial score (nSPS) is 10.7. The molecule has 0 radical (unpaired) electrons. The summed E-state index contributed by atoms with van der Waals surface area (Å²) in [7, 11) is 0. The van der Waals surface area contributed by atoms with E-state index >= 15 is 0 Å². The second kappa shape index (κ2) is 10.3. The summed E-state index contributed by atoms with van der Waals surface area (Å²) in [5.74, 6) is 1.17. The summed E-state index contributed by atoms with van der Waals surface area (Å²) >= 11 is 5.76. The van der Waals surface area contributed by atoms with E-state index < -0.39 is 0 Å². The molecule has 29 heavy (non-hydrogen) atoms. The van der Waals surface area contributed by atoms with Crippen LogP contribution in [-0.4, -0.2) is 6.61 Å². The molecule has 0 spiro atoms. The summed E-state index contributed by atoms with van der Waals surface area (Å²) in [4.78, 5) is 0. The number of anilines is 1. The standard InChI is InChI=1S/C23H22BrFINO2/c1-3-28-22-12-17(13-27-21-9-6-18(24)10-15(21)2)11-20(26)23(22)29-14-16-4-7-19(25)8-5-16/h4-12,27H,3,13-14H2,1-2H3. The molecule has 0 bridgehead atoms. The third-order valence-electron chi connectivity index (χ3n) is 4.34. The minimum atomic E-state index is -0.254. The lowest BCUT2D eigenvalue weighted by Gasteiger charge is -2.16. The van der Waals surface area contributed by atoms with E-state index in [1.807, 2.05) is 19.1 Å². The predicted molar refractivity (Wildman–Crippen MR) is 127 cm³/mol. The van der Waals surface area contributed by atoms with Gasteiger partial charge in [0, 0.05) is 16.7 Å². The van der Waals surface area contributed by atoms with Crippen LogP contribution >= 0.6 is 38.5 Å². The van der Waals surface area contributed by atoms with Crippen LogP contribution in [0.3, 0.4) is 0 Å². The second-order valence-corrected chi connectivity index (χ2v) is 8.64. The molecule has 0 atom stereocenters. The molecular weight excluding hydrogens is 548 g/mol. The molecular formula is C23H22BrFINO2. The average molecular weight is 570 g/mol. The molecule has 0 amide bonds. The zero-order valence-electron chi connectivity index (χ0n) is 16.3. The molecule has 0 saturated heterocycles. The summed E-state index contributed by atoms with van der Waals surface area (Å²) in [6.45, 7) is 5.61. The molecule has 3 aromatic carbocycles. The fourth-order valence-corrected chi connectivity index (χ4v) is 4.18. The van der Waals surface area contributed by atoms with Crippen molar-refractivity contribution in [3.05, 3.63) is 85.1 Å². The van der Waals surface area contributed by atoms with Gasteiger partial charge in [0.15, 0.2) is 11.5 Å². The minimum absolute atomic E-state index is 0.254. The van der Waals surface area contributed by atoms with E-state index in [1.54, 1.807) is 12.1 Å². The Morgan fingerprint density at radius 1 is 1.00 bits per heavy atom. The van der Waals surface area contributed by atoms with Gasteiger partial charge in [0.2, 0.25) is 0 Å². The van der Waals surface area contributed by atoms with Crippen molar-refractivity contribution in [3.8, 4) is 11.5 Å². The van der Waals surface area contributed by atoms with E-state index in [0.717, 1.165) is 24.9 Å². The van der Waals surface area contributed by atoms with Crippen LogP contribution < -0.4 is 14.8 Å². The SMILES string of the molecule is CCOc1cc(CNc2ccc(Br)cc2C)cc(I)c1OCc1ccc(F)cc1. The van der Waals surface area contributed by atoms with E-state index in [2.05, 4.69) is 69.0 Å². The van der Waals surface area contributed by atoms with E-state index in [-0.39, 0.29) is 5.82 Å². The van der Waals surface area contributed by atoms with Gasteiger partial charge < -0.3 is 14.8 Å². The van der Waals surface area contributed by atoms with Crippen LogP contribution in [0.25, 0.3) is 0 Å². The van der Waals surface area contributed by atoms with Crippen LogP contribution in [0.4, 0.5) is 10.1 Å². The van der Waals surface area contributed by atoms with Gasteiger partial charge in [-0.25, -0.2) is 4.39 Å². The summed E-state index contributed by atoms with van der Waals surface area (Å²) in [5, 5.41) is 3.48. The van der Waals surface area contributed by atoms with Gasteiger partial charge in [-0.15, -0.1) is 0 Å². The maximum Gasteiger partial charge on any atom is 0.174 e. The first-order valence-electron chi connectivity index (χ1n) is 9.28. The highest BCUT2D eigenvalue weighted by atomic mass is 127. The number of hydrogen-bond donors (Lipinski definition) is 1. The van der Waals surface area contributed by atoms with Crippen LogP contribution in [0, 0.1) is 16.3 Å². The molecule has 0 unspecified atom stereocenters. The molecule has 3 aromatic rings. The smallest absolute Gasteiger partial charge is 0.174 e. The predicted octanol–water partition coefficient (Wildman–Crippen LogP) is 7.09. The number of aryl methyl sites for hydroxylation is 1. The highest BCUT2D eigenvalue weighted by Crippen LogP contribution is 2.35. The molecule has 6 heteroatoms. The van der Waals surface area contributed by atoms with Crippen molar-refractivity contribution in [2.75, 3.05) is 11.9 Å². The highest BCUT2D eigenvalue weighted by molar-refractivity contribution is 14.1. The Morgan fingerprint density at radius 3 is 2.45 bits per heavy atom. The minimum Gasteiger partial charge on any atom is -0.490 e. The Kier molecular flexibility index (Phi) is 7.77. The monoisotopic (exact) mass is 569 g/mol. The zero-order valence-corrected chi connectivity index (χ0v) is 20.0. The van der Waals surface area contributed by atoms with Gasteiger partial charge in [-0.2, -0.15) is 0 Å². The summed E-state index contributed by atoms with van der Waals surface area (Å²) in [5.41, 5.74) is 4.28. The average Bonchev–Trinajstić information content (AvgIpc) is 2.68. The Morgan fingerprint density at radius 2 is 1.76 bits per heavy atom. The van der Waals surface area contributed by atoms with Crippen LogP contribution in [0.15, 0.2) is 59.1 Å². The zero-order chi connectivity index (χ0) is 20.8.